The van der Waals surface area contributed by atoms with Crippen LogP contribution in [0.2, 0.25) is 9.36 Å². The molecule has 2 aromatic carbocycles. The van der Waals surface area contributed by atoms with E-state index in [1.165, 1.54) is 23.3 Å². The van der Waals surface area contributed by atoms with Gasteiger partial charge in [0.2, 0.25) is 0 Å². The third-order valence-corrected chi connectivity index (χ3v) is 5.34. The lowest BCUT2D eigenvalue weighted by atomic mass is 10.2. The van der Waals surface area contributed by atoms with E-state index < -0.39 is 0 Å². The number of hydrogen-bond donors (Lipinski definition) is 1. The summed E-state index contributed by atoms with van der Waals surface area (Å²) in [6.07, 6.45) is 1.58. The zero-order chi connectivity index (χ0) is 17.8. The Kier molecular flexibility index (Phi) is 5.71. The van der Waals surface area contributed by atoms with E-state index in [0.717, 1.165) is 10.5 Å². The van der Waals surface area contributed by atoms with E-state index >= 15 is 0 Å². The van der Waals surface area contributed by atoms with Gasteiger partial charge in [-0.05, 0) is 60.8 Å². The summed E-state index contributed by atoms with van der Waals surface area (Å²) in [4.78, 5) is 4.98. The fourth-order valence-corrected chi connectivity index (χ4v) is 3.75. The summed E-state index contributed by atoms with van der Waals surface area (Å²) in [5, 5.41) is 10.8. The van der Waals surface area contributed by atoms with Crippen molar-refractivity contribution in [3.63, 3.8) is 0 Å². The summed E-state index contributed by atoms with van der Waals surface area (Å²) < 4.78 is 9.57. The van der Waals surface area contributed by atoms with E-state index in [2.05, 4.69) is 15.8 Å². The van der Waals surface area contributed by atoms with Crippen molar-refractivity contribution in [1.29, 1.82) is 5.26 Å². The smallest absolute Gasteiger partial charge is 0.194 e. The molecule has 4 nitrogen and oxygen atoms in total. The number of nitrogens with zero attached hydrogens (tertiary/aromatic N) is 2. The number of benzene rings is 2. The topological polar surface area (TPSA) is 57.9 Å². The summed E-state index contributed by atoms with van der Waals surface area (Å²) in [6, 6.07) is 12.9. The summed E-state index contributed by atoms with van der Waals surface area (Å²) in [7, 11) is 0. The van der Waals surface area contributed by atoms with Gasteiger partial charge in [0.15, 0.2) is 5.13 Å². The first kappa shape index (κ1) is 17.9. The quantitative estimate of drug-likeness (QED) is 0.486. The lowest BCUT2D eigenvalue weighted by Gasteiger charge is -2.11. The Hall–Kier alpha value is -1.91. The molecule has 0 unspecified atom stereocenters. The van der Waals surface area contributed by atoms with Crippen LogP contribution in [-0.4, -0.2) is 4.98 Å². The van der Waals surface area contributed by atoms with Gasteiger partial charge in [-0.15, -0.1) is 0 Å². The average molecular weight is 408 g/mol. The van der Waals surface area contributed by atoms with Gasteiger partial charge in [0.1, 0.15) is 21.9 Å². The molecule has 3 rings (SSSR count). The van der Waals surface area contributed by atoms with Gasteiger partial charge in [-0.2, -0.15) is 5.26 Å². The predicted molar refractivity (Wildman–Crippen MR) is 104 cm³/mol. The molecule has 126 valence electrons. The van der Waals surface area contributed by atoms with E-state index in [4.69, 9.17) is 27.9 Å². The first-order chi connectivity index (χ1) is 12.0. The number of rotatable bonds is 5. The van der Waals surface area contributed by atoms with Crippen LogP contribution in [0.25, 0.3) is 0 Å². The van der Waals surface area contributed by atoms with Gasteiger partial charge in [0, 0.05) is 9.92 Å². The van der Waals surface area contributed by atoms with Crippen LogP contribution < -0.4 is 9.46 Å². The minimum atomic E-state index is 0.443. The fourth-order valence-electron chi connectivity index (χ4n) is 2.00. The highest BCUT2D eigenvalue weighted by atomic mass is 35.5. The zero-order valence-corrected chi connectivity index (χ0v) is 16.1. The maximum absolute atomic E-state index is 9.41. The molecule has 0 spiro atoms. The van der Waals surface area contributed by atoms with Gasteiger partial charge in [0.25, 0.3) is 0 Å². The van der Waals surface area contributed by atoms with E-state index in [0.29, 0.717) is 31.6 Å². The second kappa shape index (κ2) is 7.98. The minimum absolute atomic E-state index is 0.443. The Bertz CT molecular complexity index is 953. The van der Waals surface area contributed by atoms with Crippen molar-refractivity contribution in [3.8, 4) is 17.6 Å². The van der Waals surface area contributed by atoms with Gasteiger partial charge in [-0.3, -0.25) is 0 Å². The van der Waals surface area contributed by atoms with Crippen molar-refractivity contribution < 1.29 is 4.74 Å². The number of thiazole rings is 1. The molecule has 0 saturated heterocycles. The Morgan fingerprint density at radius 2 is 2.00 bits per heavy atom. The molecule has 0 aliphatic rings. The lowest BCUT2D eigenvalue weighted by Crippen LogP contribution is -1.92. The maximum atomic E-state index is 9.41. The van der Waals surface area contributed by atoms with E-state index in [1.54, 1.807) is 30.5 Å². The molecule has 0 bridgehead atoms. The number of halogens is 2. The number of ether oxygens (including phenoxy) is 1. The van der Waals surface area contributed by atoms with Crippen molar-refractivity contribution in [2.24, 2.45) is 0 Å². The summed E-state index contributed by atoms with van der Waals surface area (Å²) in [5.74, 6) is 1.16. The highest BCUT2D eigenvalue weighted by molar-refractivity contribution is 8.00. The zero-order valence-electron chi connectivity index (χ0n) is 12.9. The molecule has 0 atom stereocenters. The second-order valence-electron chi connectivity index (χ2n) is 4.96. The van der Waals surface area contributed by atoms with Crippen LogP contribution in [0.3, 0.4) is 0 Å². The molecule has 0 fully saturated rings. The van der Waals surface area contributed by atoms with Crippen molar-refractivity contribution in [1.82, 2.24) is 4.98 Å². The van der Waals surface area contributed by atoms with Crippen LogP contribution in [0.4, 0.5) is 5.13 Å². The fraction of sp³-hybridized carbons (Fsp3) is 0.0588. The number of anilines is 1. The molecule has 0 radical (unpaired) electrons. The van der Waals surface area contributed by atoms with Crippen LogP contribution in [0.15, 0.2) is 47.5 Å². The minimum Gasteiger partial charge on any atom is -0.456 e. The molecule has 25 heavy (non-hydrogen) atoms. The van der Waals surface area contributed by atoms with Gasteiger partial charge < -0.3 is 9.46 Å². The molecule has 0 aliphatic heterocycles. The van der Waals surface area contributed by atoms with Crippen molar-refractivity contribution in [3.05, 3.63) is 63.1 Å². The standard InChI is InChI=1S/C17H11Cl2N3OS2/c1-10-6-12(18)2-4-14(10)23-15-5-3-13(7-11(15)8-20)25-22-17-21-9-16(19)24-17/h2-7,9H,1H3,(H,21,22). The number of nitriles is 1. The van der Waals surface area contributed by atoms with E-state index in [-0.39, 0.29) is 0 Å². The van der Waals surface area contributed by atoms with E-state index in [1.807, 2.05) is 19.1 Å². The molecule has 8 heteroatoms. The SMILES string of the molecule is Cc1cc(Cl)ccc1Oc1ccc(SNc2ncc(Cl)s2)cc1C#N. The van der Waals surface area contributed by atoms with Gasteiger partial charge in [0.05, 0.1) is 11.8 Å². The summed E-state index contributed by atoms with van der Waals surface area (Å²) in [5.41, 5.74) is 1.34. The van der Waals surface area contributed by atoms with Crippen LogP contribution in [-0.2, 0) is 0 Å². The summed E-state index contributed by atoms with van der Waals surface area (Å²) >= 11 is 14.5. The first-order valence-electron chi connectivity index (χ1n) is 7.07. The monoisotopic (exact) mass is 407 g/mol. The van der Waals surface area contributed by atoms with Crippen LogP contribution in [0.5, 0.6) is 11.5 Å². The number of nitrogens with one attached hydrogen (secondary N) is 1. The molecule has 0 amide bonds. The average Bonchev–Trinajstić information content (AvgIpc) is 3.01. The second-order valence-corrected chi connectivity index (χ2v) is 7.93. The van der Waals surface area contributed by atoms with Gasteiger partial charge >= 0.3 is 0 Å². The summed E-state index contributed by atoms with van der Waals surface area (Å²) in [6.45, 7) is 1.90. The Labute approximate surface area is 163 Å². The number of hydrogen-bond acceptors (Lipinski definition) is 6. The molecule has 0 saturated carbocycles. The predicted octanol–water partition coefficient (Wildman–Crippen LogP) is 6.54. The third kappa shape index (κ3) is 4.59. The highest BCUT2D eigenvalue weighted by Gasteiger charge is 2.09. The molecule has 1 N–H and O–H groups in total. The van der Waals surface area contributed by atoms with Crippen LogP contribution in [0, 0.1) is 18.3 Å². The van der Waals surface area contributed by atoms with Gasteiger partial charge in [-0.1, -0.05) is 34.5 Å². The third-order valence-electron chi connectivity index (χ3n) is 3.16. The van der Waals surface area contributed by atoms with Crippen molar-refractivity contribution in [2.45, 2.75) is 11.8 Å². The Balaban J connectivity index is 1.76. The largest absolute Gasteiger partial charge is 0.456 e. The normalized spacial score (nSPS) is 10.3. The van der Waals surface area contributed by atoms with E-state index in [9.17, 15) is 5.26 Å². The van der Waals surface area contributed by atoms with Crippen LogP contribution in [0.1, 0.15) is 11.1 Å². The molecule has 0 aliphatic carbocycles. The first-order valence-corrected chi connectivity index (χ1v) is 9.46. The Morgan fingerprint density at radius 3 is 2.68 bits per heavy atom. The molecular weight excluding hydrogens is 397 g/mol. The molecule has 1 heterocycles. The van der Waals surface area contributed by atoms with Crippen LogP contribution >= 0.6 is 46.5 Å². The molecular formula is C17H11Cl2N3OS2. The maximum Gasteiger partial charge on any atom is 0.194 e. The molecule has 1 aromatic heterocycles. The highest BCUT2D eigenvalue weighted by Crippen LogP contribution is 2.33. The number of aromatic nitrogens is 1. The van der Waals surface area contributed by atoms with Crippen molar-refractivity contribution in [2.75, 3.05) is 4.72 Å². The number of aryl methyl sites for hydroxylation is 1. The van der Waals surface area contributed by atoms with Crippen molar-refractivity contribution >= 4 is 51.6 Å². The lowest BCUT2D eigenvalue weighted by molar-refractivity contribution is 0.477. The Morgan fingerprint density at radius 1 is 1.20 bits per heavy atom. The van der Waals surface area contributed by atoms with Gasteiger partial charge in [-0.25, -0.2) is 4.98 Å². The molecule has 3 aromatic rings.